The molecule has 0 bridgehead atoms. The molecule has 0 N–H and O–H groups in total. The molecule has 1 saturated heterocycles. The van der Waals surface area contributed by atoms with E-state index in [1.54, 1.807) is 0 Å². The Labute approximate surface area is 97.8 Å². The van der Waals surface area contributed by atoms with E-state index in [2.05, 4.69) is 19.1 Å². The van der Waals surface area contributed by atoms with Crippen LogP contribution in [-0.2, 0) is 14.2 Å². The van der Waals surface area contributed by atoms with E-state index in [4.69, 9.17) is 14.2 Å². The Hall–Kier alpha value is -0.380. The molecule has 3 heteroatoms. The molecule has 0 aromatic rings. The highest BCUT2D eigenvalue weighted by molar-refractivity contribution is 4.97. The monoisotopic (exact) mass is 226 g/mol. The summed E-state index contributed by atoms with van der Waals surface area (Å²) < 4.78 is 17.3. The van der Waals surface area contributed by atoms with Crippen LogP contribution in [0, 0.1) is 0 Å². The summed E-state index contributed by atoms with van der Waals surface area (Å²) in [5, 5.41) is 0. The van der Waals surface area contributed by atoms with E-state index in [-0.39, 0.29) is 18.0 Å². The first-order valence-corrected chi connectivity index (χ1v) is 6.30. The third kappa shape index (κ3) is 2.65. The first-order chi connectivity index (χ1) is 7.74. The normalized spacial score (nSPS) is 41.1. The number of rotatable bonds is 3. The predicted molar refractivity (Wildman–Crippen MR) is 62.3 cm³/mol. The molecule has 1 aliphatic carbocycles. The van der Waals surface area contributed by atoms with Gasteiger partial charge < -0.3 is 14.2 Å². The average Bonchev–Trinajstić information content (AvgIpc) is 2.54. The molecule has 1 heterocycles. The number of hydrogen-bond acceptors (Lipinski definition) is 3. The molecule has 3 nitrogen and oxygen atoms in total. The third-order valence-electron chi connectivity index (χ3n) is 3.43. The van der Waals surface area contributed by atoms with Crippen LogP contribution in [0.25, 0.3) is 0 Å². The van der Waals surface area contributed by atoms with E-state index in [0.29, 0.717) is 13.2 Å². The number of ether oxygens (including phenoxy) is 3. The Balaban J connectivity index is 1.95. The first-order valence-electron chi connectivity index (χ1n) is 6.30. The van der Waals surface area contributed by atoms with Crippen LogP contribution in [0.1, 0.15) is 39.5 Å². The van der Waals surface area contributed by atoms with Gasteiger partial charge in [-0.25, -0.2) is 0 Å². The van der Waals surface area contributed by atoms with Crippen molar-refractivity contribution in [3.05, 3.63) is 12.2 Å². The lowest BCUT2D eigenvalue weighted by Gasteiger charge is -2.29. The van der Waals surface area contributed by atoms with Crippen molar-refractivity contribution >= 4 is 0 Å². The molecule has 0 aromatic carbocycles. The lowest BCUT2D eigenvalue weighted by atomic mass is 9.88. The summed E-state index contributed by atoms with van der Waals surface area (Å²) in [6, 6.07) is 0. The molecule has 0 radical (unpaired) electrons. The Bertz CT molecular complexity index is 252. The van der Waals surface area contributed by atoms with Crippen molar-refractivity contribution in [2.24, 2.45) is 0 Å². The van der Waals surface area contributed by atoms with Crippen molar-refractivity contribution < 1.29 is 14.2 Å². The minimum atomic E-state index is -0.173. The number of hydrogen-bond donors (Lipinski definition) is 0. The van der Waals surface area contributed by atoms with Crippen molar-refractivity contribution in [1.29, 1.82) is 0 Å². The second-order valence-corrected chi connectivity index (χ2v) is 4.73. The van der Waals surface area contributed by atoms with Crippen molar-refractivity contribution in [2.75, 3.05) is 13.2 Å². The molecular weight excluding hydrogens is 204 g/mol. The van der Waals surface area contributed by atoms with Crippen LogP contribution in [0.3, 0.4) is 0 Å². The lowest BCUT2D eigenvalue weighted by Crippen LogP contribution is -2.37. The highest BCUT2D eigenvalue weighted by Crippen LogP contribution is 2.37. The summed E-state index contributed by atoms with van der Waals surface area (Å²) in [6.07, 6.45) is 8.81. The molecule has 1 fully saturated rings. The van der Waals surface area contributed by atoms with Crippen LogP contribution in [0.2, 0.25) is 0 Å². The average molecular weight is 226 g/mol. The predicted octanol–water partition coefficient (Wildman–Crippen LogP) is 2.65. The van der Waals surface area contributed by atoms with E-state index in [1.807, 2.05) is 6.92 Å². The van der Waals surface area contributed by atoms with Crippen LogP contribution < -0.4 is 0 Å². The number of fused-ring (bicyclic) bond motifs is 1. The number of allylic oxidation sites excluding steroid dienone is 2. The van der Waals surface area contributed by atoms with Crippen LogP contribution >= 0.6 is 0 Å². The van der Waals surface area contributed by atoms with Gasteiger partial charge in [0.05, 0.1) is 18.3 Å². The Morgan fingerprint density at radius 2 is 2.19 bits per heavy atom. The molecule has 0 spiro atoms. The molecule has 16 heavy (non-hydrogen) atoms. The SMILES string of the molecule is CCOC[C@@H]1OC2CC/C=C/CCC2(C)O1. The van der Waals surface area contributed by atoms with Crippen molar-refractivity contribution in [3.8, 4) is 0 Å². The topological polar surface area (TPSA) is 27.7 Å². The molecular formula is C13H22O3. The fourth-order valence-electron chi connectivity index (χ4n) is 2.46. The van der Waals surface area contributed by atoms with Gasteiger partial charge in [-0.3, -0.25) is 0 Å². The summed E-state index contributed by atoms with van der Waals surface area (Å²) in [6.45, 7) is 5.43. The zero-order valence-electron chi connectivity index (χ0n) is 10.3. The zero-order chi connectivity index (χ0) is 11.4. The largest absolute Gasteiger partial charge is 0.376 e. The fraction of sp³-hybridized carbons (Fsp3) is 0.846. The highest BCUT2D eigenvalue weighted by Gasteiger charge is 2.45. The summed E-state index contributed by atoms with van der Waals surface area (Å²) in [7, 11) is 0. The second-order valence-electron chi connectivity index (χ2n) is 4.73. The van der Waals surface area contributed by atoms with Crippen LogP contribution in [0.4, 0.5) is 0 Å². The van der Waals surface area contributed by atoms with Gasteiger partial charge in [-0.2, -0.15) is 0 Å². The molecule has 1 aliphatic heterocycles. The van der Waals surface area contributed by atoms with E-state index in [9.17, 15) is 0 Å². The zero-order valence-corrected chi connectivity index (χ0v) is 10.3. The Kier molecular flexibility index (Phi) is 4.00. The molecule has 2 rings (SSSR count). The molecule has 3 atom stereocenters. The van der Waals surface area contributed by atoms with Crippen molar-refractivity contribution in [1.82, 2.24) is 0 Å². The maximum absolute atomic E-state index is 6.01. The van der Waals surface area contributed by atoms with Crippen LogP contribution in [0.5, 0.6) is 0 Å². The standard InChI is InChI=1S/C13H22O3/c1-3-14-10-12-15-11-8-6-4-5-7-9-13(11,2)16-12/h4-5,11-12H,3,6-10H2,1-2H3/b5-4+/t11?,12-,13?/m1/s1. The second kappa shape index (κ2) is 5.30. The molecule has 0 aromatic heterocycles. The Morgan fingerprint density at radius 3 is 3.00 bits per heavy atom. The van der Waals surface area contributed by atoms with Gasteiger partial charge in [-0.05, 0) is 39.5 Å². The van der Waals surface area contributed by atoms with Gasteiger partial charge in [0.1, 0.15) is 0 Å². The summed E-state index contributed by atoms with van der Waals surface area (Å²) in [5.74, 6) is 0. The van der Waals surface area contributed by atoms with Gasteiger partial charge in [0, 0.05) is 6.61 Å². The molecule has 0 saturated carbocycles. The van der Waals surface area contributed by atoms with Gasteiger partial charge in [0.15, 0.2) is 6.29 Å². The summed E-state index contributed by atoms with van der Waals surface area (Å²) >= 11 is 0. The highest BCUT2D eigenvalue weighted by atomic mass is 16.8. The van der Waals surface area contributed by atoms with Crippen LogP contribution in [0.15, 0.2) is 12.2 Å². The quantitative estimate of drug-likeness (QED) is 0.692. The molecule has 2 unspecified atom stereocenters. The Morgan fingerprint density at radius 1 is 1.38 bits per heavy atom. The van der Waals surface area contributed by atoms with Gasteiger partial charge in [0.2, 0.25) is 0 Å². The minimum Gasteiger partial charge on any atom is -0.376 e. The van der Waals surface area contributed by atoms with Gasteiger partial charge in [0.25, 0.3) is 0 Å². The van der Waals surface area contributed by atoms with E-state index in [0.717, 1.165) is 25.7 Å². The van der Waals surface area contributed by atoms with Gasteiger partial charge in [-0.1, -0.05) is 12.2 Å². The van der Waals surface area contributed by atoms with Crippen molar-refractivity contribution in [3.63, 3.8) is 0 Å². The molecule has 2 aliphatic rings. The summed E-state index contributed by atoms with van der Waals surface area (Å²) in [5.41, 5.74) is -0.119. The van der Waals surface area contributed by atoms with E-state index in [1.165, 1.54) is 0 Å². The molecule has 92 valence electrons. The van der Waals surface area contributed by atoms with Gasteiger partial charge >= 0.3 is 0 Å². The van der Waals surface area contributed by atoms with Gasteiger partial charge in [-0.15, -0.1) is 0 Å². The van der Waals surface area contributed by atoms with Crippen molar-refractivity contribution in [2.45, 2.75) is 57.5 Å². The third-order valence-corrected chi connectivity index (χ3v) is 3.43. The van der Waals surface area contributed by atoms with E-state index >= 15 is 0 Å². The maximum atomic E-state index is 6.01. The lowest BCUT2D eigenvalue weighted by molar-refractivity contribution is -0.124. The maximum Gasteiger partial charge on any atom is 0.182 e. The first kappa shape index (κ1) is 12.1. The van der Waals surface area contributed by atoms with Crippen LogP contribution in [-0.4, -0.2) is 31.2 Å². The smallest absolute Gasteiger partial charge is 0.182 e. The summed E-state index contributed by atoms with van der Waals surface area (Å²) in [4.78, 5) is 0. The molecule has 0 amide bonds. The van der Waals surface area contributed by atoms with E-state index < -0.39 is 0 Å². The fourth-order valence-corrected chi connectivity index (χ4v) is 2.46. The minimum absolute atomic E-state index is 0.119.